The van der Waals surface area contributed by atoms with E-state index in [4.69, 9.17) is 14.4 Å². The first-order valence-electron chi connectivity index (χ1n) is 9.56. The molecule has 3 aromatic rings. The van der Waals surface area contributed by atoms with Crippen molar-refractivity contribution in [2.45, 2.75) is 19.4 Å². The van der Waals surface area contributed by atoms with E-state index < -0.39 is 5.91 Å². The Bertz CT molecular complexity index is 1130. The van der Waals surface area contributed by atoms with Crippen LogP contribution in [0.25, 0.3) is 0 Å². The molecule has 1 saturated heterocycles. The topological polar surface area (TPSA) is 95.6 Å². The van der Waals surface area contributed by atoms with Crippen molar-refractivity contribution in [1.29, 1.82) is 5.26 Å². The first kappa shape index (κ1) is 19.3. The molecule has 0 spiro atoms. The van der Waals surface area contributed by atoms with Gasteiger partial charge in [0.15, 0.2) is 5.76 Å². The van der Waals surface area contributed by atoms with Crippen LogP contribution >= 0.6 is 0 Å². The predicted molar refractivity (Wildman–Crippen MR) is 110 cm³/mol. The summed E-state index contributed by atoms with van der Waals surface area (Å²) < 4.78 is 11.2. The van der Waals surface area contributed by atoms with Crippen molar-refractivity contribution >= 4 is 23.2 Å². The van der Waals surface area contributed by atoms with Crippen molar-refractivity contribution in [3.63, 3.8) is 0 Å². The monoisotopic (exact) mass is 401 g/mol. The molecule has 7 heteroatoms. The van der Waals surface area contributed by atoms with Crippen molar-refractivity contribution in [3.8, 4) is 11.8 Å². The number of nitriles is 1. The van der Waals surface area contributed by atoms with E-state index in [1.54, 1.807) is 59.5 Å². The van der Waals surface area contributed by atoms with Gasteiger partial charge in [-0.3, -0.25) is 9.59 Å². The summed E-state index contributed by atoms with van der Waals surface area (Å²) >= 11 is 0. The maximum Gasteiger partial charge on any atom is 0.291 e. The lowest BCUT2D eigenvalue weighted by Crippen LogP contribution is -2.23. The summed E-state index contributed by atoms with van der Waals surface area (Å²) in [5.74, 6) is 0.750. The normalized spacial score (nSPS) is 13.2. The molecule has 1 N–H and O–H groups in total. The number of anilines is 2. The van der Waals surface area contributed by atoms with Crippen LogP contribution in [-0.2, 0) is 11.4 Å². The summed E-state index contributed by atoms with van der Waals surface area (Å²) in [4.78, 5) is 26.2. The van der Waals surface area contributed by atoms with Gasteiger partial charge in [0, 0.05) is 24.3 Å². The molecule has 7 nitrogen and oxygen atoms in total. The number of furan rings is 1. The Morgan fingerprint density at radius 2 is 2.03 bits per heavy atom. The van der Waals surface area contributed by atoms with Crippen LogP contribution in [0.3, 0.4) is 0 Å². The highest BCUT2D eigenvalue weighted by Gasteiger charge is 2.22. The molecule has 2 aromatic carbocycles. The Kier molecular flexibility index (Phi) is 5.48. The van der Waals surface area contributed by atoms with E-state index in [1.165, 1.54) is 0 Å². The van der Waals surface area contributed by atoms with Gasteiger partial charge in [-0.1, -0.05) is 18.2 Å². The van der Waals surface area contributed by atoms with Crippen LogP contribution < -0.4 is 15.0 Å². The number of hydrogen-bond acceptors (Lipinski definition) is 5. The SMILES string of the molecule is N#Cc1ccccc1OCc1ccc(C(=O)Nc2cccc(N3CCCC3=O)c2)o1. The molecule has 0 atom stereocenters. The molecule has 0 aliphatic carbocycles. The zero-order valence-electron chi connectivity index (χ0n) is 16.1. The molecule has 0 radical (unpaired) electrons. The molecule has 0 saturated carbocycles. The minimum atomic E-state index is -0.399. The Labute approximate surface area is 173 Å². The van der Waals surface area contributed by atoms with E-state index in [9.17, 15) is 9.59 Å². The van der Waals surface area contributed by atoms with Crippen molar-refractivity contribution in [2.24, 2.45) is 0 Å². The number of ether oxygens (including phenoxy) is 1. The summed E-state index contributed by atoms with van der Waals surface area (Å²) in [7, 11) is 0. The van der Waals surface area contributed by atoms with Gasteiger partial charge in [0.1, 0.15) is 24.2 Å². The van der Waals surface area contributed by atoms with E-state index in [0.717, 1.165) is 12.1 Å². The first-order valence-corrected chi connectivity index (χ1v) is 9.56. The molecule has 30 heavy (non-hydrogen) atoms. The zero-order chi connectivity index (χ0) is 20.9. The lowest BCUT2D eigenvalue weighted by atomic mass is 10.2. The van der Waals surface area contributed by atoms with Gasteiger partial charge >= 0.3 is 0 Å². The Balaban J connectivity index is 1.40. The van der Waals surface area contributed by atoms with E-state index in [0.29, 0.717) is 35.7 Å². The lowest BCUT2D eigenvalue weighted by molar-refractivity contribution is -0.117. The average Bonchev–Trinajstić information content (AvgIpc) is 3.42. The fourth-order valence-electron chi connectivity index (χ4n) is 3.28. The summed E-state index contributed by atoms with van der Waals surface area (Å²) in [6.45, 7) is 0.783. The predicted octanol–water partition coefficient (Wildman–Crippen LogP) is 4.11. The number of nitrogens with zero attached hydrogens (tertiary/aromatic N) is 2. The van der Waals surface area contributed by atoms with Crippen LogP contribution in [0.15, 0.2) is 65.1 Å². The maximum atomic E-state index is 12.5. The number of rotatable bonds is 6. The highest BCUT2D eigenvalue weighted by Crippen LogP contribution is 2.25. The van der Waals surface area contributed by atoms with Gasteiger partial charge in [-0.2, -0.15) is 5.26 Å². The standard InChI is InChI=1S/C23H19N3O4/c24-14-16-5-1-2-8-20(16)29-15-19-10-11-21(30-19)23(28)25-17-6-3-7-18(13-17)26-12-4-9-22(26)27/h1-3,5-8,10-11,13H,4,9,12,15H2,(H,25,28). The summed E-state index contributed by atoms with van der Waals surface area (Å²) in [5, 5.41) is 11.9. The molecule has 150 valence electrons. The van der Waals surface area contributed by atoms with Gasteiger partial charge in [-0.25, -0.2) is 0 Å². The van der Waals surface area contributed by atoms with Crippen molar-refractivity contribution in [1.82, 2.24) is 0 Å². The van der Waals surface area contributed by atoms with E-state index in [1.807, 2.05) is 6.07 Å². The Hall–Kier alpha value is -4.05. The average molecular weight is 401 g/mol. The number of carbonyl (C=O) groups excluding carboxylic acids is 2. The largest absolute Gasteiger partial charge is 0.484 e. The Morgan fingerprint density at radius 1 is 1.17 bits per heavy atom. The minimum Gasteiger partial charge on any atom is -0.484 e. The first-order chi connectivity index (χ1) is 14.6. The van der Waals surface area contributed by atoms with Crippen LogP contribution in [-0.4, -0.2) is 18.4 Å². The van der Waals surface area contributed by atoms with Crippen molar-refractivity contribution in [2.75, 3.05) is 16.8 Å². The van der Waals surface area contributed by atoms with Crippen LogP contribution in [0.2, 0.25) is 0 Å². The van der Waals surface area contributed by atoms with E-state index in [2.05, 4.69) is 11.4 Å². The van der Waals surface area contributed by atoms with Gasteiger partial charge in [-0.05, 0) is 48.9 Å². The number of nitrogens with one attached hydrogen (secondary N) is 1. The van der Waals surface area contributed by atoms with Crippen LogP contribution in [0.4, 0.5) is 11.4 Å². The molecular weight excluding hydrogens is 382 g/mol. The lowest BCUT2D eigenvalue weighted by Gasteiger charge is -2.16. The van der Waals surface area contributed by atoms with Crippen molar-refractivity contribution in [3.05, 3.63) is 77.7 Å². The molecule has 1 aliphatic rings. The third-order valence-electron chi connectivity index (χ3n) is 4.75. The molecular formula is C23H19N3O4. The summed E-state index contributed by atoms with van der Waals surface area (Å²) in [6.07, 6.45) is 1.39. The molecule has 1 aromatic heterocycles. The van der Waals surface area contributed by atoms with Gasteiger partial charge in [-0.15, -0.1) is 0 Å². The van der Waals surface area contributed by atoms with Crippen LogP contribution in [0.1, 0.15) is 34.7 Å². The molecule has 2 amide bonds. The second-order valence-corrected chi connectivity index (χ2v) is 6.82. The second kappa shape index (κ2) is 8.53. The second-order valence-electron chi connectivity index (χ2n) is 6.82. The quantitative estimate of drug-likeness (QED) is 0.671. The molecule has 4 rings (SSSR count). The van der Waals surface area contributed by atoms with Crippen LogP contribution in [0.5, 0.6) is 5.75 Å². The number of hydrogen-bond donors (Lipinski definition) is 1. The fraction of sp³-hybridized carbons (Fsp3) is 0.174. The minimum absolute atomic E-state index is 0.0899. The molecule has 0 bridgehead atoms. The van der Waals surface area contributed by atoms with Crippen molar-refractivity contribution < 1.29 is 18.7 Å². The molecule has 1 aliphatic heterocycles. The van der Waals surface area contributed by atoms with Crippen LogP contribution in [0, 0.1) is 11.3 Å². The van der Waals surface area contributed by atoms with Gasteiger partial charge in [0.05, 0.1) is 5.56 Å². The number of amides is 2. The van der Waals surface area contributed by atoms with Gasteiger partial charge in [0.25, 0.3) is 5.91 Å². The molecule has 0 unspecified atom stereocenters. The molecule has 1 fully saturated rings. The number of para-hydroxylation sites is 1. The molecule has 2 heterocycles. The number of carbonyl (C=O) groups is 2. The third kappa shape index (κ3) is 4.18. The maximum absolute atomic E-state index is 12.5. The van der Waals surface area contributed by atoms with E-state index in [-0.39, 0.29) is 18.3 Å². The highest BCUT2D eigenvalue weighted by atomic mass is 16.5. The van der Waals surface area contributed by atoms with E-state index >= 15 is 0 Å². The van der Waals surface area contributed by atoms with Gasteiger partial charge < -0.3 is 19.4 Å². The highest BCUT2D eigenvalue weighted by molar-refractivity contribution is 6.03. The summed E-state index contributed by atoms with van der Waals surface area (Å²) in [6, 6.07) is 19.4. The smallest absolute Gasteiger partial charge is 0.291 e. The zero-order valence-corrected chi connectivity index (χ0v) is 16.1. The number of benzene rings is 2. The Morgan fingerprint density at radius 3 is 2.83 bits per heavy atom. The third-order valence-corrected chi connectivity index (χ3v) is 4.75. The van der Waals surface area contributed by atoms with Gasteiger partial charge in [0.2, 0.25) is 5.91 Å². The summed E-state index contributed by atoms with van der Waals surface area (Å²) in [5.41, 5.74) is 1.77. The fourth-order valence-corrected chi connectivity index (χ4v) is 3.28.